The van der Waals surface area contributed by atoms with Crippen LogP contribution in [0.15, 0.2) is 18.2 Å². The normalized spacial score (nSPS) is 12.7. The minimum atomic E-state index is 0.622. The van der Waals surface area contributed by atoms with Gasteiger partial charge < -0.3 is 5.32 Å². The van der Waals surface area contributed by atoms with Gasteiger partial charge >= 0.3 is 0 Å². The molecule has 0 aliphatic carbocycles. The van der Waals surface area contributed by atoms with Crippen LogP contribution in [0.25, 0.3) is 0 Å². The number of benzene rings is 1. The Labute approximate surface area is 117 Å². The summed E-state index contributed by atoms with van der Waals surface area (Å²) in [6.07, 6.45) is 5.83. The highest BCUT2D eigenvalue weighted by atomic mass is 32.2. The quantitative estimate of drug-likeness (QED) is 0.763. The van der Waals surface area contributed by atoms with Crippen molar-refractivity contribution in [2.45, 2.75) is 46.1 Å². The minimum absolute atomic E-state index is 0.622. The molecule has 1 aromatic rings. The molecule has 0 saturated heterocycles. The van der Waals surface area contributed by atoms with Gasteiger partial charge in [-0.1, -0.05) is 25.1 Å². The molecule has 0 spiro atoms. The van der Waals surface area contributed by atoms with Crippen LogP contribution in [-0.2, 0) is 6.42 Å². The van der Waals surface area contributed by atoms with Crippen LogP contribution < -0.4 is 5.32 Å². The first-order valence-corrected chi connectivity index (χ1v) is 8.35. The molecule has 1 atom stereocenters. The van der Waals surface area contributed by atoms with E-state index in [-0.39, 0.29) is 0 Å². The Morgan fingerprint density at radius 3 is 2.44 bits per heavy atom. The topological polar surface area (TPSA) is 12.0 Å². The highest BCUT2D eigenvalue weighted by Gasteiger charge is 2.11. The van der Waals surface area contributed by atoms with Crippen LogP contribution in [0.4, 0.5) is 0 Å². The third kappa shape index (κ3) is 5.03. The van der Waals surface area contributed by atoms with E-state index in [0.29, 0.717) is 6.04 Å². The zero-order valence-electron chi connectivity index (χ0n) is 12.3. The standard InChI is InChI=1S/C16H27NS/c1-5-10-17-15(9-11-18-4)12-16-13(2)7-6-8-14(16)3/h6-8,15,17H,5,9-12H2,1-4H3. The van der Waals surface area contributed by atoms with Gasteiger partial charge in [0.1, 0.15) is 0 Å². The molecule has 0 aliphatic rings. The van der Waals surface area contributed by atoms with Crippen LogP contribution in [0.1, 0.15) is 36.5 Å². The molecular weight excluding hydrogens is 238 g/mol. The summed E-state index contributed by atoms with van der Waals surface area (Å²) >= 11 is 1.94. The summed E-state index contributed by atoms with van der Waals surface area (Å²) in [6, 6.07) is 7.24. The molecule has 2 heteroatoms. The molecule has 18 heavy (non-hydrogen) atoms. The Morgan fingerprint density at radius 2 is 1.89 bits per heavy atom. The lowest BCUT2D eigenvalue weighted by Gasteiger charge is -2.20. The Morgan fingerprint density at radius 1 is 1.22 bits per heavy atom. The van der Waals surface area contributed by atoms with E-state index in [4.69, 9.17) is 0 Å². The maximum Gasteiger partial charge on any atom is 0.0115 e. The molecule has 0 saturated carbocycles. The molecular formula is C16H27NS. The van der Waals surface area contributed by atoms with Gasteiger partial charge in [-0.05, 0) is 68.4 Å². The lowest BCUT2D eigenvalue weighted by atomic mass is 9.95. The van der Waals surface area contributed by atoms with Crippen LogP contribution in [0, 0.1) is 13.8 Å². The molecule has 0 radical (unpaired) electrons. The number of hydrogen-bond acceptors (Lipinski definition) is 2. The SMILES string of the molecule is CCCNC(CCSC)Cc1c(C)cccc1C. The fraction of sp³-hybridized carbons (Fsp3) is 0.625. The summed E-state index contributed by atoms with van der Waals surface area (Å²) in [6.45, 7) is 7.82. The van der Waals surface area contributed by atoms with Crippen molar-refractivity contribution in [3.05, 3.63) is 34.9 Å². The minimum Gasteiger partial charge on any atom is -0.314 e. The summed E-state index contributed by atoms with van der Waals surface area (Å²) in [5.41, 5.74) is 4.40. The first kappa shape index (κ1) is 15.6. The smallest absolute Gasteiger partial charge is 0.0115 e. The molecule has 102 valence electrons. The lowest BCUT2D eigenvalue weighted by molar-refractivity contribution is 0.496. The predicted molar refractivity (Wildman–Crippen MR) is 84.7 cm³/mol. The second-order valence-corrected chi connectivity index (χ2v) is 5.99. The van der Waals surface area contributed by atoms with Crippen molar-refractivity contribution in [3.63, 3.8) is 0 Å². The van der Waals surface area contributed by atoms with Gasteiger partial charge in [-0.25, -0.2) is 0 Å². The number of hydrogen-bond donors (Lipinski definition) is 1. The van der Waals surface area contributed by atoms with Crippen LogP contribution in [-0.4, -0.2) is 24.6 Å². The zero-order valence-corrected chi connectivity index (χ0v) is 13.1. The van der Waals surface area contributed by atoms with Gasteiger partial charge in [-0.3, -0.25) is 0 Å². The van der Waals surface area contributed by atoms with E-state index >= 15 is 0 Å². The van der Waals surface area contributed by atoms with Crippen molar-refractivity contribution in [2.75, 3.05) is 18.6 Å². The van der Waals surface area contributed by atoms with Gasteiger partial charge in [0, 0.05) is 6.04 Å². The second kappa shape index (κ2) is 8.60. The maximum atomic E-state index is 3.69. The molecule has 1 nitrogen and oxygen atoms in total. The van der Waals surface area contributed by atoms with E-state index in [1.54, 1.807) is 0 Å². The first-order valence-electron chi connectivity index (χ1n) is 6.96. The molecule has 0 aromatic heterocycles. The maximum absolute atomic E-state index is 3.69. The van der Waals surface area contributed by atoms with Gasteiger partial charge in [-0.15, -0.1) is 0 Å². The van der Waals surface area contributed by atoms with Crippen molar-refractivity contribution in [1.82, 2.24) is 5.32 Å². The summed E-state index contributed by atoms with van der Waals surface area (Å²) < 4.78 is 0. The molecule has 0 amide bonds. The highest BCUT2D eigenvalue weighted by Crippen LogP contribution is 2.17. The van der Waals surface area contributed by atoms with Crippen LogP contribution in [0.5, 0.6) is 0 Å². The highest BCUT2D eigenvalue weighted by molar-refractivity contribution is 7.98. The zero-order chi connectivity index (χ0) is 13.4. The molecule has 1 N–H and O–H groups in total. The Balaban J connectivity index is 2.68. The van der Waals surface area contributed by atoms with Gasteiger partial charge in [0.2, 0.25) is 0 Å². The number of nitrogens with one attached hydrogen (secondary N) is 1. The first-order chi connectivity index (χ1) is 8.69. The summed E-state index contributed by atoms with van der Waals surface area (Å²) in [5.74, 6) is 1.24. The van der Waals surface area contributed by atoms with E-state index in [0.717, 1.165) is 6.54 Å². The largest absolute Gasteiger partial charge is 0.314 e. The van der Waals surface area contributed by atoms with Crippen molar-refractivity contribution >= 4 is 11.8 Å². The summed E-state index contributed by atoms with van der Waals surface area (Å²) in [7, 11) is 0. The van der Waals surface area contributed by atoms with E-state index in [9.17, 15) is 0 Å². The van der Waals surface area contributed by atoms with Crippen molar-refractivity contribution < 1.29 is 0 Å². The van der Waals surface area contributed by atoms with E-state index in [1.165, 1.54) is 41.7 Å². The van der Waals surface area contributed by atoms with E-state index in [2.05, 4.69) is 50.5 Å². The Kier molecular flexibility index (Phi) is 7.45. The van der Waals surface area contributed by atoms with Crippen LogP contribution >= 0.6 is 11.8 Å². The Bertz CT molecular complexity index is 321. The molecule has 0 fully saturated rings. The fourth-order valence-corrected chi connectivity index (χ4v) is 2.82. The fourth-order valence-electron chi connectivity index (χ4n) is 2.30. The number of aryl methyl sites for hydroxylation is 2. The third-order valence-corrected chi connectivity index (χ3v) is 4.09. The summed E-state index contributed by atoms with van der Waals surface area (Å²) in [5, 5.41) is 3.69. The summed E-state index contributed by atoms with van der Waals surface area (Å²) in [4.78, 5) is 0. The van der Waals surface area contributed by atoms with Gasteiger partial charge in [0.05, 0.1) is 0 Å². The lowest BCUT2D eigenvalue weighted by Crippen LogP contribution is -2.32. The third-order valence-electron chi connectivity index (χ3n) is 3.45. The number of thioether (sulfide) groups is 1. The monoisotopic (exact) mass is 265 g/mol. The average molecular weight is 265 g/mol. The predicted octanol–water partition coefficient (Wildman–Crippen LogP) is 3.97. The molecule has 0 aliphatic heterocycles. The van der Waals surface area contributed by atoms with Crippen LogP contribution in [0.3, 0.4) is 0 Å². The molecule has 1 unspecified atom stereocenters. The second-order valence-electron chi connectivity index (χ2n) is 5.01. The average Bonchev–Trinajstić information content (AvgIpc) is 2.36. The van der Waals surface area contributed by atoms with Crippen molar-refractivity contribution in [3.8, 4) is 0 Å². The molecule has 0 bridgehead atoms. The van der Waals surface area contributed by atoms with Gasteiger partial charge in [-0.2, -0.15) is 11.8 Å². The van der Waals surface area contributed by atoms with E-state index < -0.39 is 0 Å². The van der Waals surface area contributed by atoms with E-state index in [1.807, 2.05) is 11.8 Å². The van der Waals surface area contributed by atoms with Gasteiger partial charge in [0.25, 0.3) is 0 Å². The molecule has 0 heterocycles. The Hall–Kier alpha value is -0.470. The van der Waals surface area contributed by atoms with Gasteiger partial charge in [0.15, 0.2) is 0 Å². The number of rotatable bonds is 8. The van der Waals surface area contributed by atoms with Crippen molar-refractivity contribution in [2.24, 2.45) is 0 Å². The molecule has 1 aromatic carbocycles. The van der Waals surface area contributed by atoms with Crippen LogP contribution in [0.2, 0.25) is 0 Å². The van der Waals surface area contributed by atoms with Crippen molar-refractivity contribution in [1.29, 1.82) is 0 Å². The molecule has 1 rings (SSSR count).